The van der Waals surface area contributed by atoms with Crippen LogP contribution in [0.25, 0.3) is 0 Å². The van der Waals surface area contributed by atoms with Gasteiger partial charge in [0.15, 0.2) is 0 Å². The Morgan fingerprint density at radius 1 is 1.35 bits per heavy atom. The molecule has 112 valence electrons. The summed E-state index contributed by atoms with van der Waals surface area (Å²) in [6.45, 7) is 4.16. The fraction of sp³-hybridized carbons (Fsp3) is 0.462. The number of nitrogens with one attached hydrogen (secondary N) is 1. The van der Waals surface area contributed by atoms with Crippen LogP contribution in [0, 0.1) is 5.92 Å². The van der Waals surface area contributed by atoms with E-state index in [4.69, 9.17) is 4.74 Å². The lowest BCUT2D eigenvalue weighted by atomic mass is 10.2. The summed E-state index contributed by atoms with van der Waals surface area (Å²) in [7, 11) is -0.618. The van der Waals surface area contributed by atoms with Gasteiger partial charge in [0.1, 0.15) is 0 Å². The molecule has 0 saturated carbocycles. The van der Waals surface area contributed by atoms with Crippen LogP contribution in [0.2, 0.25) is 0 Å². The Kier molecular flexibility index (Phi) is 5.52. The first-order valence-corrected chi connectivity index (χ1v) is 7.64. The molecule has 0 aliphatic carbocycles. The Bertz CT molecular complexity index is 567. The van der Waals surface area contributed by atoms with Crippen molar-refractivity contribution in [3.05, 3.63) is 24.3 Å². The fourth-order valence-electron chi connectivity index (χ4n) is 1.34. The monoisotopic (exact) mass is 300 g/mol. The quantitative estimate of drug-likeness (QED) is 0.904. The third-order valence-electron chi connectivity index (χ3n) is 2.41. The molecule has 0 aliphatic heterocycles. The van der Waals surface area contributed by atoms with Gasteiger partial charge in [0.2, 0.25) is 10.0 Å². The average molecular weight is 300 g/mol. The summed E-state index contributed by atoms with van der Waals surface area (Å²) in [5.41, 5.74) is 0.377. The number of hydrogen-bond donors (Lipinski definition) is 1. The van der Waals surface area contributed by atoms with Gasteiger partial charge in [-0.2, -0.15) is 0 Å². The van der Waals surface area contributed by atoms with Gasteiger partial charge in [0.25, 0.3) is 0 Å². The maximum Gasteiger partial charge on any atom is 0.411 e. The molecule has 1 aromatic rings. The number of sulfonamides is 1. The van der Waals surface area contributed by atoms with Gasteiger partial charge in [0, 0.05) is 19.8 Å². The first-order valence-electron chi connectivity index (χ1n) is 6.20. The van der Waals surface area contributed by atoms with Crippen molar-refractivity contribution in [2.45, 2.75) is 18.7 Å². The third kappa shape index (κ3) is 4.50. The van der Waals surface area contributed by atoms with E-state index in [1.807, 2.05) is 13.8 Å². The zero-order valence-corrected chi connectivity index (χ0v) is 12.9. The van der Waals surface area contributed by atoms with Crippen LogP contribution in [-0.4, -0.2) is 39.5 Å². The first kappa shape index (κ1) is 16.5. The Morgan fingerprint density at radius 3 is 2.55 bits per heavy atom. The molecule has 0 heterocycles. The molecule has 1 aromatic carbocycles. The molecule has 0 radical (unpaired) electrons. The molecular weight excluding hydrogens is 280 g/mol. The van der Waals surface area contributed by atoms with Crippen molar-refractivity contribution in [1.82, 2.24) is 4.31 Å². The van der Waals surface area contributed by atoms with E-state index in [1.165, 1.54) is 26.2 Å². The van der Waals surface area contributed by atoms with Gasteiger partial charge in [-0.05, 0) is 24.1 Å². The van der Waals surface area contributed by atoms with E-state index in [0.717, 1.165) is 4.31 Å². The van der Waals surface area contributed by atoms with Crippen molar-refractivity contribution in [1.29, 1.82) is 0 Å². The normalized spacial score (nSPS) is 11.7. The van der Waals surface area contributed by atoms with Crippen LogP contribution in [0.5, 0.6) is 0 Å². The molecule has 0 atom stereocenters. The van der Waals surface area contributed by atoms with Crippen LogP contribution < -0.4 is 5.32 Å². The molecule has 6 nitrogen and oxygen atoms in total. The van der Waals surface area contributed by atoms with Gasteiger partial charge in [-0.1, -0.05) is 19.9 Å². The van der Waals surface area contributed by atoms with Crippen LogP contribution >= 0.6 is 0 Å². The zero-order chi connectivity index (χ0) is 15.3. The lowest BCUT2D eigenvalue weighted by Gasteiger charge is -2.13. The van der Waals surface area contributed by atoms with Crippen molar-refractivity contribution in [3.8, 4) is 0 Å². The topological polar surface area (TPSA) is 75.7 Å². The molecule has 0 saturated heterocycles. The number of amides is 1. The highest BCUT2D eigenvalue weighted by Crippen LogP contribution is 2.18. The van der Waals surface area contributed by atoms with E-state index < -0.39 is 16.1 Å². The standard InChI is InChI=1S/C13H20N2O4S/c1-10(2)9-19-13(16)14-11-6-5-7-12(8-11)20(17,18)15(3)4/h5-8,10H,9H2,1-4H3,(H,14,16). The Labute approximate surface area is 119 Å². The molecule has 0 aromatic heterocycles. The highest BCUT2D eigenvalue weighted by atomic mass is 32.2. The summed E-state index contributed by atoms with van der Waals surface area (Å²) in [5.74, 6) is 0.237. The van der Waals surface area contributed by atoms with Crippen LogP contribution in [0.15, 0.2) is 29.2 Å². The largest absolute Gasteiger partial charge is 0.449 e. The smallest absolute Gasteiger partial charge is 0.411 e. The second-order valence-corrected chi connectivity index (χ2v) is 7.08. The Balaban J connectivity index is 2.82. The summed E-state index contributed by atoms with van der Waals surface area (Å²) in [5, 5.41) is 2.50. The van der Waals surface area contributed by atoms with Gasteiger partial charge in [0.05, 0.1) is 11.5 Å². The number of benzene rings is 1. The van der Waals surface area contributed by atoms with E-state index in [1.54, 1.807) is 12.1 Å². The first-order chi connectivity index (χ1) is 9.23. The van der Waals surface area contributed by atoms with Crippen molar-refractivity contribution in [2.24, 2.45) is 5.92 Å². The van der Waals surface area contributed by atoms with E-state index in [9.17, 15) is 13.2 Å². The summed E-state index contributed by atoms with van der Waals surface area (Å²) in [4.78, 5) is 11.6. The molecule has 0 fully saturated rings. The van der Waals surface area contributed by atoms with Crippen LogP contribution in [-0.2, 0) is 14.8 Å². The number of ether oxygens (including phenoxy) is 1. The predicted molar refractivity (Wildman–Crippen MR) is 77.1 cm³/mol. The van der Waals surface area contributed by atoms with Crippen molar-refractivity contribution < 1.29 is 17.9 Å². The minimum Gasteiger partial charge on any atom is -0.449 e. The van der Waals surface area contributed by atoms with Crippen LogP contribution in [0.1, 0.15) is 13.8 Å². The number of hydrogen-bond acceptors (Lipinski definition) is 4. The van der Waals surface area contributed by atoms with Crippen LogP contribution in [0.3, 0.4) is 0 Å². The summed E-state index contributed by atoms with van der Waals surface area (Å²) < 4.78 is 30.0. The second-order valence-electron chi connectivity index (χ2n) is 4.93. The SMILES string of the molecule is CC(C)COC(=O)Nc1cccc(S(=O)(=O)N(C)C)c1. The minimum atomic E-state index is -3.52. The number of carbonyl (C=O) groups is 1. The van der Waals surface area contributed by atoms with E-state index in [0.29, 0.717) is 12.3 Å². The molecule has 1 N–H and O–H groups in total. The van der Waals surface area contributed by atoms with Crippen LogP contribution in [0.4, 0.5) is 10.5 Å². The maximum absolute atomic E-state index is 12.0. The Hall–Kier alpha value is -1.60. The molecular formula is C13H20N2O4S. The van der Waals surface area contributed by atoms with Gasteiger partial charge in [-0.3, -0.25) is 5.32 Å². The summed E-state index contributed by atoms with van der Waals surface area (Å²) in [6, 6.07) is 6.03. The molecule has 0 aliphatic rings. The molecule has 1 rings (SSSR count). The van der Waals surface area contributed by atoms with E-state index in [2.05, 4.69) is 5.32 Å². The van der Waals surface area contributed by atoms with Crippen molar-refractivity contribution in [3.63, 3.8) is 0 Å². The van der Waals surface area contributed by atoms with Crippen molar-refractivity contribution in [2.75, 3.05) is 26.0 Å². The minimum absolute atomic E-state index is 0.115. The average Bonchev–Trinajstić information content (AvgIpc) is 2.36. The highest BCUT2D eigenvalue weighted by molar-refractivity contribution is 7.89. The Morgan fingerprint density at radius 2 is 2.00 bits per heavy atom. The second kappa shape index (κ2) is 6.71. The third-order valence-corrected chi connectivity index (χ3v) is 4.22. The fourth-order valence-corrected chi connectivity index (χ4v) is 2.29. The van der Waals surface area contributed by atoms with E-state index >= 15 is 0 Å². The summed E-state index contributed by atoms with van der Waals surface area (Å²) >= 11 is 0. The molecule has 0 unspecified atom stereocenters. The molecule has 7 heteroatoms. The maximum atomic E-state index is 12.0. The van der Waals surface area contributed by atoms with Gasteiger partial charge < -0.3 is 4.74 Å². The number of rotatable bonds is 5. The molecule has 0 bridgehead atoms. The zero-order valence-electron chi connectivity index (χ0n) is 12.1. The number of anilines is 1. The lowest BCUT2D eigenvalue weighted by Crippen LogP contribution is -2.22. The molecule has 20 heavy (non-hydrogen) atoms. The van der Waals surface area contributed by atoms with Gasteiger partial charge in [-0.15, -0.1) is 0 Å². The number of carbonyl (C=O) groups excluding carboxylic acids is 1. The van der Waals surface area contributed by atoms with Crippen molar-refractivity contribution >= 4 is 21.8 Å². The lowest BCUT2D eigenvalue weighted by molar-refractivity contribution is 0.147. The van der Waals surface area contributed by atoms with E-state index in [-0.39, 0.29) is 10.8 Å². The molecule has 1 amide bonds. The highest BCUT2D eigenvalue weighted by Gasteiger charge is 2.17. The molecule has 0 spiro atoms. The summed E-state index contributed by atoms with van der Waals surface area (Å²) in [6.07, 6.45) is -0.599. The number of nitrogens with zero attached hydrogens (tertiary/aromatic N) is 1. The van der Waals surface area contributed by atoms with Gasteiger partial charge >= 0.3 is 6.09 Å². The van der Waals surface area contributed by atoms with Gasteiger partial charge in [-0.25, -0.2) is 17.5 Å². The predicted octanol–water partition coefficient (Wildman–Crippen LogP) is 2.14.